The van der Waals surface area contributed by atoms with Crippen molar-refractivity contribution in [1.82, 2.24) is 5.32 Å². The van der Waals surface area contributed by atoms with Crippen molar-refractivity contribution < 1.29 is 9.18 Å². The van der Waals surface area contributed by atoms with Gasteiger partial charge in [0.05, 0.1) is 5.92 Å². The molecule has 0 aliphatic heterocycles. The molecule has 0 aliphatic carbocycles. The first-order valence-electron chi connectivity index (χ1n) is 10.8. The lowest BCUT2D eigenvalue weighted by atomic mass is 9.94. The zero-order chi connectivity index (χ0) is 21.8. The fourth-order valence-corrected chi connectivity index (χ4v) is 3.18. The van der Waals surface area contributed by atoms with Gasteiger partial charge in [-0.05, 0) is 29.2 Å². The summed E-state index contributed by atoms with van der Waals surface area (Å²) >= 11 is 0. The third-order valence-electron chi connectivity index (χ3n) is 5.06. The average Bonchev–Trinajstić information content (AvgIpc) is 2.80. The maximum absolute atomic E-state index is 14.1. The Labute approximate surface area is 180 Å². The number of hydrogen-bond acceptors (Lipinski definition) is 1. The summed E-state index contributed by atoms with van der Waals surface area (Å²) in [7, 11) is 0. The third-order valence-corrected chi connectivity index (χ3v) is 5.06. The largest absolute Gasteiger partial charge is 0.351 e. The monoisotopic (exact) mass is 405 g/mol. The molecule has 0 saturated heterocycles. The van der Waals surface area contributed by atoms with Crippen molar-refractivity contribution in [3.05, 3.63) is 95.8 Å². The van der Waals surface area contributed by atoms with Crippen LogP contribution in [0.25, 0.3) is 11.1 Å². The molecule has 0 heterocycles. The summed E-state index contributed by atoms with van der Waals surface area (Å²) in [5.41, 5.74) is 3.69. The Morgan fingerprint density at radius 1 is 0.833 bits per heavy atom. The summed E-state index contributed by atoms with van der Waals surface area (Å²) in [5, 5.41) is 2.98. The minimum absolute atomic E-state index is 0.152. The minimum Gasteiger partial charge on any atom is -0.351 e. The fourth-order valence-electron chi connectivity index (χ4n) is 3.18. The van der Waals surface area contributed by atoms with Gasteiger partial charge in [-0.15, -0.1) is 0 Å². The number of rotatable bonds is 7. The summed E-state index contributed by atoms with van der Waals surface area (Å²) in [6.45, 7) is 6.67. The summed E-state index contributed by atoms with van der Waals surface area (Å²) in [5.74, 6) is -0.972. The highest BCUT2D eigenvalue weighted by Gasteiger charge is 2.21. The SMILES string of the molecule is CCC(C(=O)NCc1ccccc1-c1ccccc1)c1ccccc1F.CCCC. The van der Waals surface area contributed by atoms with Gasteiger partial charge in [-0.3, -0.25) is 4.79 Å². The van der Waals surface area contributed by atoms with E-state index in [2.05, 4.69) is 31.3 Å². The zero-order valence-electron chi connectivity index (χ0n) is 18.2. The van der Waals surface area contributed by atoms with Gasteiger partial charge in [-0.25, -0.2) is 4.39 Å². The lowest BCUT2D eigenvalue weighted by Crippen LogP contribution is -2.29. The van der Waals surface area contributed by atoms with E-state index in [1.54, 1.807) is 18.2 Å². The predicted molar refractivity (Wildman–Crippen MR) is 124 cm³/mol. The first kappa shape index (κ1) is 23.3. The molecule has 1 unspecified atom stereocenters. The van der Waals surface area contributed by atoms with Crippen LogP contribution in [-0.4, -0.2) is 5.91 Å². The molecule has 3 aromatic carbocycles. The van der Waals surface area contributed by atoms with E-state index in [1.165, 1.54) is 18.9 Å². The Kier molecular flexibility index (Phi) is 9.79. The molecule has 2 nitrogen and oxygen atoms in total. The molecule has 3 rings (SSSR count). The normalized spacial score (nSPS) is 11.2. The Morgan fingerprint density at radius 2 is 1.43 bits per heavy atom. The second-order valence-corrected chi connectivity index (χ2v) is 7.22. The number of benzene rings is 3. The van der Waals surface area contributed by atoms with Crippen LogP contribution in [0, 0.1) is 5.82 Å². The maximum atomic E-state index is 14.1. The number of unbranched alkanes of at least 4 members (excludes halogenated alkanes) is 1. The predicted octanol–water partition coefficient (Wildman–Crippen LogP) is 7.11. The molecule has 158 valence electrons. The highest BCUT2D eigenvalue weighted by atomic mass is 19.1. The van der Waals surface area contributed by atoms with Crippen molar-refractivity contribution in [2.24, 2.45) is 0 Å². The van der Waals surface area contributed by atoms with Crippen LogP contribution < -0.4 is 5.32 Å². The van der Waals surface area contributed by atoms with E-state index in [0.29, 0.717) is 18.5 Å². The van der Waals surface area contributed by atoms with E-state index in [4.69, 9.17) is 0 Å². The summed E-state index contributed by atoms with van der Waals surface area (Å²) < 4.78 is 14.1. The molecule has 1 amide bonds. The molecule has 0 radical (unpaired) electrons. The van der Waals surface area contributed by atoms with Gasteiger partial charge in [0.1, 0.15) is 5.82 Å². The van der Waals surface area contributed by atoms with Crippen molar-refractivity contribution in [3.8, 4) is 11.1 Å². The second-order valence-electron chi connectivity index (χ2n) is 7.22. The van der Waals surface area contributed by atoms with Gasteiger partial charge in [0, 0.05) is 12.1 Å². The van der Waals surface area contributed by atoms with Crippen molar-refractivity contribution >= 4 is 5.91 Å². The maximum Gasteiger partial charge on any atom is 0.227 e. The molecular weight excluding hydrogens is 373 g/mol. The first-order chi connectivity index (χ1) is 14.6. The molecule has 0 bridgehead atoms. The second kappa shape index (κ2) is 12.6. The Bertz CT molecular complexity index is 906. The molecule has 3 heteroatoms. The molecule has 1 N–H and O–H groups in total. The Morgan fingerprint density at radius 3 is 2.07 bits per heavy atom. The van der Waals surface area contributed by atoms with E-state index >= 15 is 0 Å². The van der Waals surface area contributed by atoms with Gasteiger partial charge < -0.3 is 5.32 Å². The van der Waals surface area contributed by atoms with E-state index in [9.17, 15) is 9.18 Å². The fraction of sp³-hybridized carbons (Fsp3) is 0.296. The van der Waals surface area contributed by atoms with Crippen molar-refractivity contribution in [2.45, 2.75) is 52.5 Å². The quantitative estimate of drug-likeness (QED) is 0.446. The standard InChI is InChI=1S/C23H22FNO.C4H10/c1-2-19(21-14-8-9-15-22(21)24)23(26)25-16-18-12-6-7-13-20(18)17-10-4-3-5-11-17;1-3-4-2/h3-15,19H,2,16H2,1H3,(H,25,26);3-4H2,1-2H3. The lowest BCUT2D eigenvalue weighted by molar-refractivity contribution is -0.122. The van der Waals surface area contributed by atoms with E-state index in [-0.39, 0.29) is 11.7 Å². The topological polar surface area (TPSA) is 29.1 Å². The highest BCUT2D eigenvalue weighted by molar-refractivity contribution is 5.84. The number of hydrogen-bond donors (Lipinski definition) is 1. The Hall–Kier alpha value is -2.94. The number of carbonyl (C=O) groups excluding carboxylic acids is 1. The molecule has 0 fully saturated rings. The molecular formula is C27H32FNO. The minimum atomic E-state index is -0.486. The number of amides is 1. The molecule has 0 saturated carbocycles. The highest BCUT2D eigenvalue weighted by Crippen LogP contribution is 2.25. The average molecular weight is 406 g/mol. The van der Waals surface area contributed by atoms with Crippen LogP contribution >= 0.6 is 0 Å². The van der Waals surface area contributed by atoms with Crippen LogP contribution in [0.2, 0.25) is 0 Å². The number of nitrogens with one attached hydrogen (secondary N) is 1. The van der Waals surface area contributed by atoms with Gasteiger partial charge >= 0.3 is 0 Å². The van der Waals surface area contributed by atoms with Gasteiger partial charge in [0.15, 0.2) is 0 Å². The summed E-state index contributed by atoms with van der Waals surface area (Å²) in [4.78, 5) is 12.7. The van der Waals surface area contributed by atoms with E-state index in [1.807, 2.05) is 49.4 Å². The zero-order valence-corrected chi connectivity index (χ0v) is 18.2. The van der Waals surface area contributed by atoms with E-state index < -0.39 is 5.92 Å². The molecule has 0 aromatic heterocycles. The molecule has 0 aliphatic rings. The van der Waals surface area contributed by atoms with Crippen LogP contribution in [0.4, 0.5) is 4.39 Å². The lowest BCUT2D eigenvalue weighted by Gasteiger charge is -2.17. The van der Waals surface area contributed by atoms with E-state index in [0.717, 1.165) is 16.7 Å². The number of halogens is 1. The van der Waals surface area contributed by atoms with Crippen LogP contribution in [0.1, 0.15) is 57.1 Å². The van der Waals surface area contributed by atoms with Crippen LogP contribution in [0.15, 0.2) is 78.9 Å². The van der Waals surface area contributed by atoms with Crippen molar-refractivity contribution in [2.75, 3.05) is 0 Å². The molecule has 1 atom stereocenters. The molecule has 3 aromatic rings. The first-order valence-corrected chi connectivity index (χ1v) is 10.8. The van der Waals surface area contributed by atoms with Crippen LogP contribution in [-0.2, 0) is 11.3 Å². The third kappa shape index (κ3) is 6.55. The van der Waals surface area contributed by atoms with Crippen LogP contribution in [0.3, 0.4) is 0 Å². The van der Waals surface area contributed by atoms with Crippen LogP contribution in [0.5, 0.6) is 0 Å². The van der Waals surface area contributed by atoms with Gasteiger partial charge in [0.25, 0.3) is 0 Å². The summed E-state index contributed by atoms with van der Waals surface area (Å²) in [6, 6.07) is 24.6. The van der Waals surface area contributed by atoms with Crippen molar-refractivity contribution in [3.63, 3.8) is 0 Å². The summed E-state index contributed by atoms with van der Waals surface area (Å²) in [6.07, 6.45) is 3.19. The smallest absolute Gasteiger partial charge is 0.227 e. The molecule has 30 heavy (non-hydrogen) atoms. The van der Waals surface area contributed by atoms with Gasteiger partial charge in [-0.2, -0.15) is 0 Å². The van der Waals surface area contributed by atoms with Gasteiger partial charge in [-0.1, -0.05) is 106 Å². The van der Waals surface area contributed by atoms with Crippen molar-refractivity contribution in [1.29, 1.82) is 0 Å². The number of carbonyl (C=O) groups is 1. The van der Waals surface area contributed by atoms with Gasteiger partial charge in [0.2, 0.25) is 5.91 Å². The Balaban J connectivity index is 0.000000735. The molecule has 0 spiro atoms.